The number of carbonyl (C=O) groups excluding carboxylic acids is 1. The Labute approximate surface area is 194 Å². The van der Waals surface area contributed by atoms with Crippen LogP contribution in [0, 0.1) is 11.6 Å². The molecule has 2 aromatic heterocycles. The quantitative estimate of drug-likeness (QED) is 0.568. The first-order valence-electron chi connectivity index (χ1n) is 11.1. The lowest BCUT2D eigenvalue weighted by Gasteiger charge is -2.17. The van der Waals surface area contributed by atoms with Gasteiger partial charge < -0.3 is 15.8 Å². The molecule has 1 amide bonds. The highest BCUT2D eigenvalue weighted by atomic mass is 32.1. The zero-order chi connectivity index (χ0) is 23.1. The summed E-state index contributed by atoms with van der Waals surface area (Å²) >= 11 is 1.03. The SMILES string of the molecule is Cn1ncc(NC(=O)c2csc(-c3c(F)cc(C4CC4)cc3F)n2)c1C1CCC(N)CCO1. The summed E-state index contributed by atoms with van der Waals surface area (Å²) in [6.45, 7) is 0.538. The molecule has 1 saturated carbocycles. The van der Waals surface area contributed by atoms with E-state index in [0.717, 1.165) is 49.1 Å². The summed E-state index contributed by atoms with van der Waals surface area (Å²) in [6.07, 6.45) is 5.55. The van der Waals surface area contributed by atoms with E-state index >= 15 is 0 Å². The molecule has 0 bridgehead atoms. The Balaban J connectivity index is 1.35. The minimum absolute atomic E-state index is 0.0821. The van der Waals surface area contributed by atoms with Crippen LogP contribution in [0.2, 0.25) is 0 Å². The molecule has 1 saturated heterocycles. The molecule has 33 heavy (non-hydrogen) atoms. The van der Waals surface area contributed by atoms with Crippen molar-refractivity contribution < 1.29 is 18.3 Å². The Morgan fingerprint density at radius 3 is 2.70 bits per heavy atom. The fourth-order valence-corrected chi connectivity index (χ4v) is 5.07. The fraction of sp³-hybridized carbons (Fsp3) is 0.435. The van der Waals surface area contributed by atoms with Crippen molar-refractivity contribution in [2.24, 2.45) is 12.8 Å². The van der Waals surface area contributed by atoms with Gasteiger partial charge >= 0.3 is 0 Å². The van der Waals surface area contributed by atoms with Crippen LogP contribution in [0.4, 0.5) is 14.5 Å². The van der Waals surface area contributed by atoms with Crippen molar-refractivity contribution in [3.05, 3.63) is 52.3 Å². The predicted octanol–water partition coefficient (Wildman–Crippen LogP) is 4.52. The Morgan fingerprint density at radius 1 is 1.21 bits per heavy atom. The maximum Gasteiger partial charge on any atom is 0.275 e. The Bertz CT molecular complexity index is 1170. The number of hydrogen-bond acceptors (Lipinski definition) is 6. The van der Waals surface area contributed by atoms with E-state index in [0.29, 0.717) is 17.9 Å². The number of aromatic nitrogens is 3. The molecule has 10 heteroatoms. The van der Waals surface area contributed by atoms with Gasteiger partial charge in [0.1, 0.15) is 28.4 Å². The van der Waals surface area contributed by atoms with Crippen molar-refractivity contribution in [3.63, 3.8) is 0 Å². The lowest BCUT2D eigenvalue weighted by molar-refractivity contribution is 0.0529. The minimum atomic E-state index is -0.656. The van der Waals surface area contributed by atoms with Gasteiger partial charge in [0.2, 0.25) is 0 Å². The van der Waals surface area contributed by atoms with Gasteiger partial charge in [0.15, 0.2) is 0 Å². The molecule has 5 rings (SSSR count). The highest BCUT2D eigenvalue weighted by Crippen LogP contribution is 2.42. The molecular weight excluding hydrogens is 448 g/mol. The average molecular weight is 474 g/mol. The molecule has 2 unspecified atom stereocenters. The van der Waals surface area contributed by atoms with Gasteiger partial charge in [-0.3, -0.25) is 9.48 Å². The van der Waals surface area contributed by atoms with E-state index in [9.17, 15) is 13.6 Å². The van der Waals surface area contributed by atoms with E-state index in [2.05, 4.69) is 15.4 Å². The van der Waals surface area contributed by atoms with Gasteiger partial charge in [-0.05, 0) is 55.7 Å². The number of thiazole rings is 1. The molecule has 2 atom stereocenters. The summed E-state index contributed by atoms with van der Waals surface area (Å²) < 4.78 is 36.9. The van der Waals surface area contributed by atoms with Gasteiger partial charge in [-0.25, -0.2) is 13.8 Å². The number of nitrogens with zero attached hydrogens (tertiary/aromatic N) is 3. The maximum absolute atomic E-state index is 14.7. The number of ether oxygens (including phenoxy) is 1. The van der Waals surface area contributed by atoms with Crippen molar-refractivity contribution in [3.8, 4) is 10.6 Å². The van der Waals surface area contributed by atoms with Crippen molar-refractivity contribution in [2.45, 2.75) is 50.2 Å². The molecule has 174 valence electrons. The van der Waals surface area contributed by atoms with Gasteiger partial charge in [0.25, 0.3) is 5.91 Å². The Hall–Kier alpha value is -2.69. The standard InChI is InChI=1S/C23H25F2N5O2S/c1-30-21(19-5-4-14(26)6-7-32-19)17(10-27-30)28-22(31)18-11-33-23(29-18)20-15(24)8-13(9-16(20)25)12-2-3-12/h8-12,14,19H,2-7,26H2,1H3,(H,28,31). The van der Waals surface area contributed by atoms with Crippen LogP contribution in [-0.2, 0) is 11.8 Å². The second-order valence-corrected chi connectivity index (χ2v) is 9.54. The van der Waals surface area contributed by atoms with E-state index in [1.807, 2.05) is 0 Å². The van der Waals surface area contributed by atoms with Crippen LogP contribution in [0.5, 0.6) is 0 Å². The molecule has 3 aromatic rings. The van der Waals surface area contributed by atoms with Crippen LogP contribution in [0.1, 0.15) is 65.9 Å². The first kappa shape index (κ1) is 22.1. The number of amides is 1. The minimum Gasteiger partial charge on any atom is -0.372 e. The third-order valence-corrected chi connectivity index (χ3v) is 7.07. The van der Waals surface area contributed by atoms with E-state index in [4.69, 9.17) is 10.5 Å². The number of halogens is 2. The topological polar surface area (TPSA) is 95.1 Å². The third kappa shape index (κ3) is 4.55. The molecule has 2 fully saturated rings. The summed E-state index contributed by atoms with van der Waals surface area (Å²) in [5.41, 5.74) is 7.87. The molecule has 7 nitrogen and oxygen atoms in total. The third-order valence-electron chi connectivity index (χ3n) is 6.21. The zero-order valence-corrected chi connectivity index (χ0v) is 19.0. The first-order chi connectivity index (χ1) is 15.9. The number of benzene rings is 1. The molecule has 0 radical (unpaired) electrons. The Morgan fingerprint density at radius 2 is 1.97 bits per heavy atom. The molecule has 0 spiro atoms. The maximum atomic E-state index is 14.7. The second-order valence-electron chi connectivity index (χ2n) is 8.68. The monoisotopic (exact) mass is 473 g/mol. The normalized spacial score (nSPS) is 21.1. The van der Waals surface area contributed by atoms with Crippen LogP contribution in [0.3, 0.4) is 0 Å². The van der Waals surface area contributed by atoms with E-state index < -0.39 is 17.5 Å². The van der Waals surface area contributed by atoms with Crippen LogP contribution in [0.25, 0.3) is 10.6 Å². The van der Waals surface area contributed by atoms with Crippen LogP contribution >= 0.6 is 11.3 Å². The number of carbonyl (C=O) groups is 1. The zero-order valence-electron chi connectivity index (χ0n) is 18.2. The number of hydrogen-bond donors (Lipinski definition) is 2. The average Bonchev–Trinajstić information content (AvgIpc) is 3.47. The lowest BCUT2D eigenvalue weighted by atomic mass is 10.1. The lowest BCUT2D eigenvalue weighted by Crippen LogP contribution is -2.19. The van der Waals surface area contributed by atoms with Gasteiger partial charge in [-0.15, -0.1) is 11.3 Å². The van der Waals surface area contributed by atoms with Gasteiger partial charge in [0.05, 0.1) is 23.1 Å². The summed E-state index contributed by atoms with van der Waals surface area (Å²) in [7, 11) is 1.79. The summed E-state index contributed by atoms with van der Waals surface area (Å²) in [6, 6.07) is 2.84. The summed E-state index contributed by atoms with van der Waals surface area (Å²) in [5.74, 6) is -1.55. The highest BCUT2D eigenvalue weighted by Gasteiger charge is 2.28. The van der Waals surface area contributed by atoms with E-state index in [1.54, 1.807) is 17.9 Å². The van der Waals surface area contributed by atoms with Gasteiger partial charge in [0, 0.05) is 25.1 Å². The molecule has 3 heterocycles. The predicted molar refractivity (Wildman–Crippen MR) is 121 cm³/mol. The molecule has 1 aliphatic carbocycles. The van der Waals surface area contributed by atoms with Crippen molar-refractivity contribution in [2.75, 3.05) is 11.9 Å². The first-order valence-corrected chi connectivity index (χ1v) is 11.9. The van der Waals surface area contributed by atoms with Crippen molar-refractivity contribution >= 4 is 22.9 Å². The molecule has 1 aliphatic heterocycles. The number of anilines is 1. The summed E-state index contributed by atoms with van der Waals surface area (Å²) in [4.78, 5) is 17.1. The summed E-state index contributed by atoms with van der Waals surface area (Å²) in [5, 5.41) is 8.72. The van der Waals surface area contributed by atoms with E-state index in [-0.39, 0.29) is 34.3 Å². The molecule has 1 aromatic carbocycles. The largest absolute Gasteiger partial charge is 0.372 e. The van der Waals surface area contributed by atoms with Crippen molar-refractivity contribution in [1.29, 1.82) is 0 Å². The van der Waals surface area contributed by atoms with Crippen molar-refractivity contribution in [1.82, 2.24) is 14.8 Å². The number of nitrogens with one attached hydrogen (secondary N) is 1. The molecular formula is C23H25F2N5O2S. The number of aryl methyl sites for hydroxylation is 1. The highest BCUT2D eigenvalue weighted by molar-refractivity contribution is 7.13. The van der Waals surface area contributed by atoms with Gasteiger partial charge in [-0.1, -0.05) is 0 Å². The van der Waals surface area contributed by atoms with Gasteiger partial charge in [-0.2, -0.15) is 5.10 Å². The molecule has 3 N–H and O–H groups in total. The van der Waals surface area contributed by atoms with E-state index in [1.165, 1.54) is 17.5 Å². The smallest absolute Gasteiger partial charge is 0.275 e. The molecule has 2 aliphatic rings. The fourth-order valence-electron chi connectivity index (χ4n) is 4.22. The number of nitrogens with two attached hydrogens (primary N) is 1. The van der Waals surface area contributed by atoms with Crippen LogP contribution in [-0.4, -0.2) is 33.3 Å². The number of rotatable bonds is 5. The Kier molecular flexibility index (Phi) is 5.98. The second kappa shape index (κ2) is 8.92. The van der Waals surface area contributed by atoms with Crippen LogP contribution in [0.15, 0.2) is 23.7 Å². The van der Waals surface area contributed by atoms with Crippen LogP contribution < -0.4 is 11.1 Å².